The second kappa shape index (κ2) is 3.66. The third kappa shape index (κ3) is 1.69. The molecule has 2 aliphatic carbocycles. The van der Waals surface area contributed by atoms with Gasteiger partial charge in [0.15, 0.2) is 0 Å². The minimum atomic E-state index is -0.0132. The summed E-state index contributed by atoms with van der Waals surface area (Å²) in [4.78, 5) is 11.0. The van der Waals surface area contributed by atoms with Crippen LogP contribution in [0.4, 0.5) is 0 Å². The lowest BCUT2D eigenvalue weighted by atomic mass is 9.86. The average Bonchev–Trinajstić information content (AvgIpc) is 2.18. The molecule has 0 radical (unpaired) electrons. The standard InChI is InChI=1S/C12H13NO/c1-9(14)13-12-8-4-6-10-5-2-3-7-11(10)12/h2-5,7-8,10H,6H2,1H3,(H,13,14). The summed E-state index contributed by atoms with van der Waals surface area (Å²) in [5.41, 5.74) is 2.15. The van der Waals surface area contributed by atoms with Gasteiger partial charge in [-0.1, -0.05) is 30.4 Å². The Morgan fingerprint density at radius 1 is 1.43 bits per heavy atom. The highest BCUT2D eigenvalue weighted by Crippen LogP contribution is 2.28. The highest BCUT2D eigenvalue weighted by molar-refractivity contribution is 5.76. The number of amides is 1. The van der Waals surface area contributed by atoms with E-state index in [4.69, 9.17) is 0 Å². The highest BCUT2D eigenvalue weighted by Gasteiger charge is 2.17. The number of carbonyl (C=O) groups excluding carboxylic acids is 1. The Bertz CT molecular complexity index is 372. The monoisotopic (exact) mass is 187 g/mol. The fourth-order valence-electron chi connectivity index (χ4n) is 1.81. The summed E-state index contributed by atoms with van der Waals surface area (Å²) in [5.74, 6) is 0.424. The summed E-state index contributed by atoms with van der Waals surface area (Å²) in [6.07, 6.45) is 13.4. The molecule has 1 unspecified atom stereocenters. The van der Waals surface area contributed by atoms with Crippen LogP contribution in [-0.2, 0) is 4.79 Å². The van der Waals surface area contributed by atoms with Crippen LogP contribution < -0.4 is 5.32 Å². The first-order chi connectivity index (χ1) is 6.77. The first kappa shape index (κ1) is 9.00. The van der Waals surface area contributed by atoms with Gasteiger partial charge in [0.05, 0.1) is 0 Å². The molecule has 0 heterocycles. The zero-order valence-corrected chi connectivity index (χ0v) is 8.16. The molecule has 1 atom stereocenters. The van der Waals surface area contributed by atoms with Crippen molar-refractivity contribution in [1.82, 2.24) is 5.32 Å². The lowest BCUT2D eigenvalue weighted by Crippen LogP contribution is -2.23. The molecule has 0 aromatic carbocycles. The maximum Gasteiger partial charge on any atom is 0.221 e. The van der Waals surface area contributed by atoms with E-state index in [-0.39, 0.29) is 5.91 Å². The van der Waals surface area contributed by atoms with E-state index >= 15 is 0 Å². The van der Waals surface area contributed by atoms with Crippen LogP contribution in [0.3, 0.4) is 0 Å². The van der Waals surface area contributed by atoms with Gasteiger partial charge in [-0.15, -0.1) is 0 Å². The molecule has 2 nitrogen and oxygen atoms in total. The largest absolute Gasteiger partial charge is 0.326 e. The van der Waals surface area contributed by atoms with Gasteiger partial charge in [-0.05, 0) is 18.1 Å². The molecule has 14 heavy (non-hydrogen) atoms. The van der Waals surface area contributed by atoms with Crippen molar-refractivity contribution in [3.63, 3.8) is 0 Å². The number of nitrogens with one attached hydrogen (secondary N) is 1. The number of hydrogen-bond acceptors (Lipinski definition) is 1. The van der Waals surface area contributed by atoms with E-state index in [1.807, 2.05) is 12.2 Å². The predicted octanol–water partition coefficient (Wildman–Crippen LogP) is 2.08. The molecule has 2 aliphatic rings. The van der Waals surface area contributed by atoms with Gasteiger partial charge in [0, 0.05) is 18.5 Å². The number of hydrogen-bond donors (Lipinski definition) is 1. The SMILES string of the molecule is CC(=O)NC1=C2C=CC=CC2CC=C1. The van der Waals surface area contributed by atoms with Crippen LogP contribution >= 0.6 is 0 Å². The number of rotatable bonds is 1. The van der Waals surface area contributed by atoms with E-state index in [1.54, 1.807) is 0 Å². The molecule has 0 aromatic rings. The van der Waals surface area contributed by atoms with Gasteiger partial charge in [-0.3, -0.25) is 4.79 Å². The quantitative estimate of drug-likeness (QED) is 0.669. The minimum absolute atomic E-state index is 0.0132. The summed E-state index contributed by atoms with van der Waals surface area (Å²) in [5, 5.41) is 2.85. The van der Waals surface area contributed by atoms with Gasteiger partial charge in [0.1, 0.15) is 0 Å². The predicted molar refractivity (Wildman–Crippen MR) is 56.4 cm³/mol. The van der Waals surface area contributed by atoms with Gasteiger partial charge in [0.25, 0.3) is 0 Å². The summed E-state index contributed by atoms with van der Waals surface area (Å²) in [6.45, 7) is 1.54. The lowest BCUT2D eigenvalue weighted by Gasteiger charge is -2.22. The molecule has 0 spiro atoms. The van der Waals surface area contributed by atoms with Crippen LogP contribution in [0.5, 0.6) is 0 Å². The molecule has 0 aromatic heterocycles. The fourth-order valence-corrected chi connectivity index (χ4v) is 1.81. The molecule has 0 bridgehead atoms. The number of carbonyl (C=O) groups is 1. The molecular formula is C12H13NO. The third-order valence-corrected chi connectivity index (χ3v) is 2.43. The first-order valence-electron chi connectivity index (χ1n) is 4.80. The zero-order valence-electron chi connectivity index (χ0n) is 8.16. The van der Waals surface area contributed by atoms with E-state index in [2.05, 4.69) is 29.6 Å². The van der Waals surface area contributed by atoms with Crippen molar-refractivity contribution in [2.24, 2.45) is 5.92 Å². The maximum absolute atomic E-state index is 11.0. The van der Waals surface area contributed by atoms with Gasteiger partial charge < -0.3 is 5.32 Å². The highest BCUT2D eigenvalue weighted by atomic mass is 16.1. The number of allylic oxidation sites excluding steroid dienone is 7. The smallest absolute Gasteiger partial charge is 0.221 e. The van der Waals surface area contributed by atoms with E-state index < -0.39 is 0 Å². The van der Waals surface area contributed by atoms with E-state index in [1.165, 1.54) is 12.5 Å². The number of fused-ring (bicyclic) bond motifs is 1. The summed E-state index contributed by atoms with van der Waals surface area (Å²) >= 11 is 0. The lowest BCUT2D eigenvalue weighted by molar-refractivity contribution is -0.118. The van der Waals surface area contributed by atoms with Crippen LogP contribution in [0, 0.1) is 5.92 Å². The van der Waals surface area contributed by atoms with E-state index in [0.29, 0.717) is 5.92 Å². The Hall–Kier alpha value is -1.57. The van der Waals surface area contributed by atoms with Gasteiger partial charge in [-0.25, -0.2) is 0 Å². The van der Waals surface area contributed by atoms with Gasteiger partial charge >= 0.3 is 0 Å². The zero-order chi connectivity index (χ0) is 9.97. The second-order valence-corrected chi connectivity index (χ2v) is 3.54. The first-order valence-corrected chi connectivity index (χ1v) is 4.80. The Kier molecular flexibility index (Phi) is 2.35. The minimum Gasteiger partial charge on any atom is -0.326 e. The van der Waals surface area contributed by atoms with E-state index in [9.17, 15) is 4.79 Å². The van der Waals surface area contributed by atoms with Crippen molar-refractivity contribution in [3.8, 4) is 0 Å². The fraction of sp³-hybridized carbons (Fsp3) is 0.250. The van der Waals surface area contributed by atoms with Crippen molar-refractivity contribution in [2.45, 2.75) is 13.3 Å². The topological polar surface area (TPSA) is 29.1 Å². The van der Waals surface area contributed by atoms with Crippen LogP contribution in [0.15, 0.2) is 47.7 Å². The molecule has 72 valence electrons. The normalized spacial score (nSPS) is 23.6. The maximum atomic E-state index is 11.0. The van der Waals surface area contributed by atoms with Crippen molar-refractivity contribution >= 4 is 5.91 Å². The molecule has 1 N–H and O–H groups in total. The Morgan fingerprint density at radius 2 is 2.29 bits per heavy atom. The Morgan fingerprint density at radius 3 is 3.07 bits per heavy atom. The molecule has 2 rings (SSSR count). The van der Waals surface area contributed by atoms with Crippen LogP contribution in [-0.4, -0.2) is 5.91 Å². The molecule has 1 amide bonds. The third-order valence-electron chi connectivity index (χ3n) is 2.43. The van der Waals surface area contributed by atoms with Gasteiger partial charge in [-0.2, -0.15) is 0 Å². The van der Waals surface area contributed by atoms with Crippen molar-refractivity contribution in [2.75, 3.05) is 0 Å². The molecular weight excluding hydrogens is 174 g/mol. The Labute approximate surface area is 83.7 Å². The summed E-state index contributed by atoms with van der Waals surface area (Å²) in [6, 6.07) is 0. The van der Waals surface area contributed by atoms with Crippen LogP contribution in [0.25, 0.3) is 0 Å². The Balaban J connectivity index is 2.31. The van der Waals surface area contributed by atoms with Crippen LogP contribution in [0.1, 0.15) is 13.3 Å². The summed E-state index contributed by atoms with van der Waals surface area (Å²) in [7, 11) is 0. The molecule has 2 heteroatoms. The van der Waals surface area contributed by atoms with Crippen molar-refractivity contribution < 1.29 is 4.79 Å². The molecule has 0 fully saturated rings. The average molecular weight is 187 g/mol. The summed E-state index contributed by atoms with van der Waals surface area (Å²) < 4.78 is 0. The van der Waals surface area contributed by atoms with Gasteiger partial charge in [0.2, 0.25) is 5.91 Å². The van der Waals surface area contributed by atoms with Crippen molar-refractivity contribution in [1.29, 1.82) is 0 Å². The van der Waals surface area contributed by atoms with Crippen LogP contribution in [0.2, 0.25) is 0 Å². The molecule has 0 saturated carbocycles. The second-order valence-electron chi connectivity index (χ2n) is 3.54. The molecule has 0 saturated heterocycles. The molecule has 0 aliphatic heterocycles. The van der Waals surface area contributed by atoms with Crippen molar-refractivity contribution in [3.05, 3.63) is 47.7 Å². The van der Waals surface area contributed by atoms with E-state index in [0.717, 1.165) is 12.1 Å².